The van der Waals surface area contributed by atoms with Gasteiger partial charge in [-0.25, -0.2) is 5.84 Å². The van der Waals surface area contributed by atoms with Gasteiger partial charge in [0.15, 0.2) is 0 Å². The van der Waals surface area contributed by atoms with Crippen LogP contribution < -0.4 is 11.3 Å². The van der Waals surface area contributed by atoms with Crippen LogP contribution in [-0.4, -0.2) is 11.7 Å². The predicted octanol–water partition coefficient (Wildman–Crippen LogP) is 3.06. The molecule has 0 fully saturated rings. The zero-order valence-corrected chi connectivity index (χ0v) is 12.8. The van der Waals surface area contributed by atoms with Crippen molar-refractivity contribution in [1.29, 1.82) is 0 Å². The third-order valence-corrected chi connectivity index (χ3v) is 4.19. The zero-order chi connectivity index (χ0) is 14.3. The van der Waals surface area contributed by atoms with Crippen LogP contribution in [0.5, 0.6) is 0 Å². The van der Waals surface area contributed by atoms with E-state index in [0.717, 1.165) is 17.2 Å². The lowest BCUT2D eigenvalue weighted by molar-refractivity contribution is -0.122. The highest BCUT2D eigenvalue weighted by Gasteiger charge is 2.13. The van der Waals surface area contributed by atoms with Crippen molar-refractivity contribution < 1.29 is 4.79 Å². The van der Waals surface area contributed by atoms with Crippen molar-refractivity contribution in [2.45, 2.75) is 38.9 Å². The molecule has 1 aromatic rings. The number of benzene rings is 1. The molecule has 19 heavy (non-hydrogen) atoms. The van der Waals surface area contributed by atoms with Gasteiger partial charge in [0.1, 0.15) is 0 Å². The third kappa shape index (κ3) is 5.66. The van der Waals surface area contributed by atoms with Gasteiger partial charge < -0.3 is 0 Å². The van der Waals surface area contributed by atoms with Gasteiger partial charge in [0.05, 0.1) is 5.92 Å². The number of hydrazine groups is 1. The quantitative estimate of drug-likeness (QED) is 0.349. The molecule has 1 rings (SSSR count). The van der Waals surface area contributed by atoms with E-state index < -0.39 is 0 Å². The lowest BCUT2D eigenvalue weighted by atomic mass is 9.99. The summed E-state index contributed by atoms with van der Waals surface area (Å²) in [6.07, 6.45) is 1.26. The maximum absolute atomic E-state index is 11.4. The van der Waals surface area contributed by atoms with Gasteiger partial charge in [-0.15, -0.1) is 0 Å². The molecule has 1 amide bonds. The first kappa shape index (κ1) is 16.1. The van der Waals surface area contributed by atoms with Crippen LogP contribution in [0.1, 0.15) is 44.2 Å². The van der Waals surface area contributed by atoms with Crippen LogP contribution in [0, 0.1) is 5.92 Å². The molecule has 0 saturated carbocycles. The fourth-order valence-corrected chi connectivity index (χ4v) is 2.90. The largest absolute Gasteiger partial charge is 0.294 e. The Morgan fingerprint density at radius 2 is 1.89 bits per heavy atom. The van der Waals surface area contributed by atoms with E-state index in [2.05, 4.69) is 31.4 Å². The van der Waals surface area contributed by atoms with Crippen molar-refractivity contribution in [3.05, 3.63) is 35.4 Å². The second-order valence-corrected chi connectivity index (χ2v) is 6.31. The summed E-state index contributed by atoms with van der Waals surface area (Å²) in [7, 11) is 0. The average molecular weight is 280 g/mol. The smallest absolute Gasteiger partial charge is 0.241 e. The molecule has 106 valence electrons. The van der Waals surface area contributed by atoms with Crippen molar-refractivity contribution in [3.8, 4) is 0 Å². The molecule has 4 heteroatoms. The molecule has 0 aromatic heterocycles. The highest BCUT2D eigenvalue weighted by molar-refractivity contribution is 7.98. The molecule has 0 spiro atoms. The fraction of sp³-hybridized carbons (Fsp3) is 0.533. The Morgan fingerprint density at radius 1 is 1.26 bits per heavy atom. The SMILES string of the molecule is CC(C)CCSCc1ccc(C(C)C(=O)NN)cc1. The van der Waals surface area contributed by atoms with Crippen molar-refractivity contribution in [3.63, 3.8) is 0 Å². The van der Waals surface area contributed by atoms with Crippen molar-refractivity contribution in [1.82, 2.24) is 5.43 Å². The number of rotatable bonds is 7. The van der Waals surface area contributed by atoms with Gasteiger partial charge in [-0.1, -0.05) is 38.1 Å². The summed E-state index contributed by atoms with van der Waals surface area (Å²) in [5.74, 6) is 7.79. The minimum Gasteiger partial charge on any atom is -0.294 e. The monoisotopic (exact) mass is 280 g/mol. The van der Waals surface area contributed by atoms with Crippen LogP contribution in [0.2, 0.25) is 0 Å². The first-order valence-corrected chi connectivity index (χ1v) is 7.87. The van der Waals surface area contributed by atoms with Gasteiger partial charge in [-0.2, -0.15) is 11.8 Å². The molecule has 0 aliphatic rings. The number of thioether (sulfide) groups is 1. The summed E-state index contributed by atoms with van der Waals surface area (Å²) in [6, 6.07) is 8.21. The molecule has 0 heterocycles. The van der Waals surface area contributed by atoms with E-state index >= 15 is 0 Å². The predicted molar refractivity (Wildman–Crippen MR) is 82.8 cm³/mol. The Hall–Kier alpha value is -1.00. The van der Waals surface area contributed by atoms with Crippen LogP contribution in [0.3, 0.4) is 0 Å². The van der Waals surface area contributed by atoms with Crippen LogP contribution in [-0.2, 0) is 10.5 Å². The number of hydrogen-bond acceptors (Lipinski definition) is 3. The summed E-state index contributed by atoms with van der Waals surface area (Å²) >= 11 is 1.96. The van der Waals surface area contributed by atoms with E-state index in [4.69, 9.17) is 5.84 Å². The highest BCUT2D eigenvalue weighted by atomic mass is 32.2. The maximum Gasteiger partial charge on any atom is 0.241 e. The number of amides is 1. The van der Waals surface area contributed by atoms with E-state index in [1.165, 1.54) is 17.7 Å². The molecule has 0 aliphatic carbocycles. The van der Waals surface area contributed by atoms with E-state index in [9.17, 15) is 4.79 Å². The number of nitrogens with two attached hydrogens (primary N) is 1. The van der Waals surface area contributed by atoms with Gasteiger partial charge in [0, 0.05) is 5.75 Å². The Balaban J connectivity index is 2.45. The van der Waals surface area contributed by atoms with Gasteiger partial charge in [0.25, 0.3) is 0 Å². The molecular weight excluding hydrogens is 256 g/mol. The molecule has 0 bridgehead atoms. The Kier molecular flexibility index (Phi) is 6.95. The molecule has 0 saturated heterocycles. The summed E-state index contributed by atoms with van der Waals surface area (Å²) in [4.78, 5) is 11.4. The molecule has 1 unspecified atom stereocenters. The lowest BCUT2D eigenvalue weighted by Gasteiger charge is -2.11. The number of carbonyl (C=O) groups is 1. The van der Waals surface area contributed by atoms with Gasteiger partial charge >= 0.3 is 0 Å². The van der Waals surface area contributed by atoms with E-state index in [-0.39, 0.29) is 11.8 Å². The number of hydrogen-bond donors (Lipinski definition) is 2. The van der Waals surface area contributed by atoms with Crippen LogP contribution in [0.4, 0.5) is 0 Å². The molecule has 0 aliphatic heterocycles. The van der Waals surface area contributed by atoms with Crippen LogP contribution >= 0.6 is 11.8 Å². The topological polar surface area (TPSA) is 55.1 Å². The second kappa shape index (κ2) is 8.23. The lowest BCUT2D eigenvalue weighted by Crippen LogP contribution is -2.33. The standard InChI is InChI=1S/C15H24N2OS/c1-11(2)8-9-19-10-13-4-6-14(7-5-13)12(3)15(18)17-16/h4-7,11-12H,8-10,16H2,1-3H3,(H,17,18). The first-order valence-electron chi connectivity index (χ1n) is 6.71. The van der Waals surface area contributed by atoms with Gasteiger partial charge in [-0.3, -0.25) is 10.2 Å². The summed E-state index contributed by atoms with van der Waals surface area (Å²) in [6.45, 7) is 6.35. The second-order valence-electron chi connectivity index (χ2n) is 5.21. The molecule has 1 atom stereocenters. The number of nitrogens with one attached hydrogen (secondary N) is 1. The van der Waals surface area contributed by atoms with Crippen molar-refractivity contribution in [2.24, 2.45) is 11.8 Å². The Morgan fingerprint density at radius 3 is 2.42 bits per heavy atom. The average Bonchev–Trinajstić information content (AvgIpc) is 2.42. The summed E-state index contributed by atoms with van der Waals surface area (Å²) < 4.78 is 0. The molecule has 1 aromatic carbocycles. The fourth-order valence-electron chi connectivity index (χ4n) is 1.69. The Labute approximate surface area is 120 Å². The molecule has 3 N–H and O–H groups in total. The minimum atomic E-state index is -0.201. The van der Waals surface area contributed by atoms with Crippen LogP contribution in [0.25, 0.3) is 0 Å². The summed E-state index contributed by atoms with van der Waals surface area (Å²) in [5.41, 5.74) is 4.49. The zero-order valence-electron chi connectivity index (χ0n) is 12.0. The van der Waals surface area contributed by atoms with E-state index in [1.54, 1.807) is 0 Å². The normalized spacial score (nSPS) is 12.5. The highest BCUT2D eigenvalue weighted by Crippen LogP contribution is 2.19. The molecule has 3 nitrogen and oxygen atoms in total. The van der Waals surface area contributed by atoms with Crippen molar-refractivity contribution in [2.75, 3.05) is 5.75 Å². The van der Waals surface area contributed by atoms with Gasteiger partial charge in [-0.05, 0) is 36.1 Å². The van der Waals surface area contributed by atoms with E-state index in [0.29, 0.717) is 0 Å². The molecule has 0 radical (unpaired) electrons. The Bertz CT molecular complexity index is 390. The number of carbonyl (C=O) groups excluding carboxylic acids is 1. The van der Waals surface area contributed by atoms with Crippen LogP contribution in [0.15, 0.2) is 24.3 Å². The summed E-state index contributed by atoms with van der Waals surface area (Å²) in [5, 5.41) is 0. The maximum atomic E-state index is 11.4. The van der Waals surface area contributed by atoms with E-state index in [1.807, 2.05) is 30.8 Å². The third-order valence-electron chi connectivity index (χ3n) is 3.12. The van der Waals surface area contributed by atoms with Crippen molar-refractivity contribution >= 4 is 17.7 Å². The first-order chi connectivity index (χ1) is 9.04. The minimum absolute atomic E-state index is 0.154. The molecular formula is C15H24N2OS. The van der Waals surface area contributed by atoms with Gasteiger partial charge in [0.2, 0.25) is 5.91 Å².